The van der Waals surface area contributed by atoms with Crippen molar-refractivity contribution in [3.63, 3.8) is 0 Å². The Bertz CT molecular complexity index is 547. The van der Waals surface area contributed by atoms with Gasteiger partial charge in [0.05, 0.1) is 6.61 Å². The van der Waals surface area contributed by atoms with Gasteiger partial charge in [-0.3, -0.25) is 4.57 Å². The maximum atomic E-state index is 5.89. The van der Waals surface area contributed by atoms with Gasteiger partial charge >= 0.3 is 0 Å². The van der Waals surface area contributed by atoms with Gasteiger partial charge in [-0.05, 0) is 31.4 Å². The molecular formula is C14H19N3O2. The molecule has 0 spiro atoms. The van der Waals surface area contributed by atoms with Crippen molar-refractivity contribution in [3.05, 3.63) is 24.2 Å². The lowest BCUT2D eigenvalue weighted by Crippen LogP contribution is -2.21. The van der Waals surface area contributed by atoms with Crippen LogP contribution in [0.4, 0.5) is 0 Å². The maximum absolute atomic E-state index is 5.89. The lowest BCUT2D eigenvalue weighted by Gasteiger charge is -2.25. The van der Waals surface area contributed by atoms with E-state index in [1.807, 2.05) is 18.3 Å². The first-order valence-corrected chi connectivity index (χ1v) is 6.82. The highest BCUT2D eigenvalue weighted by atomic mass is 16.5. The summed E-state index contributed by atoms with van der Waals surface area (Å²) in [4.78, 5) is 9.13. The third-order valence-corrected chi connectivity index (χ3v) is 3.50. The molecule has 3 heterocycles. The van der Waals surface area contributed by atoms with E-state index in [9.17, 15) is 0 Å². The van der Waals surface area contributed by atoms with Crippen LogP contribution < -0.4 is 0 Å². The molecular weight excluding hydrogens is 242 g/mol. The number of hydrogen-bond donors (Lipinski definition) is 0. The molecule has 0 radical (unpaired) electrons. The zero-order valence-corrected chi connectivity index (χ0v) is 11.2. The topological polar surface area (TPSA) is 49.2 Å². The Hall–Kier alpha value is -1.46. The standard InChI is InChI=1S/C14H19N3O2/c1-18-10-7-12-16-11-5-4-8-15-14(11)17(12)13-6-2-3-9-19-13/h4-5,8,13H,2-3,6-7,9-10H2,1H3. The van der Waals surface area contributed by atoms with Crippen LogP contribution in [0.5, 0.6) is 0 Å². The number of methoxy groups -OCH3 is 1. The normalized spacial score (nSPS) is 19.9. The van der Waals surface area contributed by atoms with Crippen LogP contribution in [0.25, 0.3) is 11.2 Å². The summed E-state index contributed by atoms with van der Waals surface area (Å²) in [5.74, 6) is 1.00. The van der Waals surface area contributed by atoms with Crippen LogP contribution in [0.15, 0.2) is 18.3 Å². The van der Waals surface area contributed by atoms with Crippen molar-refractivity contribution in [1.82, 2.24) is 14.5 Å². The van der Waals surface area contributed by atoms with Gasteiger partial charge < -0.3 is 9.47 Å². The third kappa shape index (κ3) is 2.48. The van der Waals surface area contributed by atoms with E-state index in [0.29, 0.717) is 6.61 Å². The molecule has 5 heteroatoms. The Labute approximate surface area is 112 Å². The Morgan fingerprint density at radius 3 is 3.21 bits per heavy atom. The SMILES string of the molecule is COCCc1nc2cccnc2n1C1CCCCO1. The second-order valence-corrected chi connectivity index (χ2v) is 4.81. The maximum Gasteiger partial charge on any atom is 0.162 e. The van der Waals surface area contributed by atoms with E-state index in [-0.39, 0.29) is 6.23 Å². The van der Waals surface area contributed by atoms with E-state index in [4.69, 9.17) is 9.47 Å². The van der Waals surface area contributed by atoms with Crippen LogP contribution in [0.2, 0.25) is 0 Å². The number of rotatable bonds is 4. The summed E-state index contributed by atoms with van der Waals surface area (Å²) < 4.78 is 13.2. The second-order valence-electron chi connectivity index (χ2n) is 4.81. The first kappa shape index (κ1) is 12.6. The fourth-order valence-electron chi connectivity index (χ4n) is 2.58. The summed E-state index contributed by atoms with van der Waals surface area (Å²) in [6, 6.07) is 3.92. The van der Waals surface area contributed by atoms with Crippen molar-refractivity contribution >= 4 is 11.2 Å². The molecule has 5 nitrogen and oxygen atoms in total. The average molecular weight is 261 g/mol. The predicted molar refractivity (Wildman–Crippen MR) is 71.9 cm³/mol. The molecule has 102 valence electrons. The predicted octanol–water partition coefficient (Wildman–Crippen LogP) is 2.32. The summed E-state index contributed by atoms with van der Waals surface area (Å²) >= 11 is 0. The molecule has 1 aliphatic heterocycles. The highest BCUT2D eigenvalue weighted by Gasteiger charge is 2.22. The molecule has 1 unspecified atom stereocenters. The Morgan fingerprint density at radius 1 is 1.47 bits per heavy atom. The molecule has 0 saturated carbocycles. The van der Waals surface area contributed by atoms with E-state index in [2.05, 4.69) is 14.5 Å². The summed E-state index contributed by atoms with van der Waals surface area (Å²) in [7, 11) is 1.71. The van der Waals surface area contributed by atoms with E-state index < -0.39 is 0 Å². The van der Waals surface area contributed by atoms with Crippen LogP contribution in [0.3, 0.4) is 0 Å². The number of pyridine rings is 1. The van der Waals surface area contributed by atoms with Crippen LogP contribution in [0, 0.1) is 0 Å². The van der Waals surface area contributed by atoms with Crippen LogP contribution in [0.1, 0.15) is 31.3 Å². The Balaban J connectivity index is 2.01. The lowest BCUT2D eigenvalue weighted by atomic mass is 10.2. The van der Waals surface area contributed by atoms with E-state index in [1.165, 1.54) is 6.42 Å². The first-order chi connectivity index (χ1) is 9.40. The molecule has 1 saturated heterocycles. The van der Waals surface area contributed by atoms with Gasteiger partial charge in [-0.2, -0.15) is 0 Å². The van der Waals surface area contributed by atoms with E-state index in [0.717, 1.165) is 42.9 Å². The molecule has 0 bridgehead atoms. The number of aromatic nitrogens is 3. The van der Waals surface area contributed by atoms with Gasteiger partial charge in [0.25, 0.3) is 0 Å². The smallest absolute Gasteiger partial charge is 0.162 e. The van der Waals surface area contributed by atoms with Gasteiger partial charge in [0.1, 0.15) is 17.6 Å². The van der Waals surface area contributed by atoms with Crippen LogP contribution in [-0.2, 0) is 15.9 Å². The van der Waals surface area contributed by atoms with Crippen LogP contribution >= 0.6 is 0 Å². The molecule has 0 N–H and O–H groups in total. The van der Waals surface area contributed by atoms with Crippen LogP contribution in [-0.4, -0.2) is 34.9 Å². The summed E-state index contributed by atoms with van der Waals surface area (Å²) in [6.45, 7) is 1.48. The van der Waals surface area contributed by atoms with Gasteiger partial charge in [-0.1, -0.05) is 0 Å². The van der Waals surface area contributed by atoms with Crippen molar-refractivity contribution < 1.29 is 9.47 Å². The highest BCUT2D eigenvalue weighted by Crippen LogP contribution is 2.27. The largest absolute Gasteiger partial charge is 0.384 e. The van der Waals surface area contributed by atoms with Gasteiger partial charge in [-0.15, -0.1) is 0 Å². The minimum atomic E-state index is 0.0699. The fourth-order valence-corrected chi connectivity index (χ4v) is 2.58. The molecule has 1 aliphatic rings. The van der Waals surface area contributed by atoms with Gasteiger partial charge in [0.2, 0.25) is 0 Å². The van der Waals surface area contributed by atoms with Crippen molar-refractivity contribution in [1.29, 1.82) is 0 Å². The minimum absolute atomic E-state index is 0.0699. The van der Waals surface area contributed by atoms with Gasteiger partial charge in [-0.25, -0.2) is 9.97 Å². The molecule has 0 amide bonds. The summed E-state index contributed by atoms with van der Waals surface area (Å²) in [6.07, 6.45) is 6.03. The lowest BCUT2D eigenvalue weighted by molar-refractivity contribution is -0.0316. The van der Waals surface area contributed by atoms with Gasteiger partial charge in [0.15, 0.2) is 5.65 Å². The third-order valence-electron chi connectivity index (χ3n) is 3.50. The van der Waals surface area contributed by atoms with E-state index in [1.54, 1.807) is 7.11 Å². The number of fused-ring (bicyclic) bond motifs is 1. The first-order valence-electron chi connectivity index (χ1n) is 6.82. The highest BCUT2D eigenvalue weighted by molar-refractivity contribution is 5.71. The van der Waals surface area contributed by atoms with Crippen molar-refractivity contribution in [2.24, 2.45) is 0 Å². The van der Waals surface area contributed by atoms with Gasteiger partial charge in [0, 0.05) is 26.3 Å². The Morgan fingerprint density at radius 2 is 2.42 bits per heavy atom. The summed E-state index contributed by atoms with van der Waals surface area (Å²) in [5.41, 5.74) is 1.85. The molecule has 0 aromatic carbocycles. The zero-order chi connectivity index (χ0) is 13.1. The molecule has 19 heavy (non-hydrogen) atoms. The molecule has 1 fully saturated rings. The fraction of sp³-hybridized carbons (Fsp3) is 0.571. The Kier molecular flexibility index (Phi) is 3.75. The minimum Gasteiger partial charge on any atom is -0.384 e. The van der Waals surface area contributed by atoms with Crippen molar-refractivity contribution in [2.75, 3.05) is 20.3 Å². The van der Waals surface area contributed by atoms with Crippen molar-refractivity contribution in [3.8, 4) is 0 Å². The quantitative estimate of drug-likeness (QED) is 0.847. The monoisotopic (exact) mass is 261 g/mol. The number of imidazole rings is 1. The van der Waals surface area contributed by atoms with Crippen molar-refractivity contribution in [2.45, 2.75) is 31.9 Å². The molecule has 2 aromatic heterocycles. The number of ether oxygens (including phenoxy) is 2. The average Bonchev–Trinajstić information content (AvgIpc) is 2.84. The number of nitrogens with zero attached hydrogens (tertiary/aromatic N) is 3. The molecule has 0 aliphatic carbocycles. The summed E-state index contributed by atoms with van der Waals surface area (Å²) in [5, 5.41) is 0. The zero-order valence-electron chi connectivity index (χ0n) is 11.2. The second kappa shape index (κ2) is 5.67. The molecule has 1 atom stereocenters. The number of hydrogen-bond acceptors (Lipinski definition) is 4. The molecule has 2 aromatic rings. The van der Waals surface area contributed by atoms with E-state index >= 15 is 0 Å². The molecule has 3 rings (SSSR count).